The van der Waals surface area contributed by atoms with Gasteiger partial charge in [0.25, 0.3) is 0 Å². The second-order valence-electron chi connectivity index (χ2n) is 2.87. The number of carbonyl (C=O) groups excluding carboxylic acids is 1. The first-order valence-corrected chi connectivity index (χ1v) is 4.18. The molecule has 0 bridgehead atoms. The molecule has 0 saturated heterocycles. The molecule has 0 aromatic heterocycles. The van der Waals surface area contributed by atoms with Crippen molar-refractivity contribution >= 4 is 5.91 Å². The summed E-state index contributed by atoms with van der Waals surface area (Å²) in [7, 11) is 1.85. The third-order valence-electron chi connectivity index (χ3n) is 2.04. The zero-order valence-electron chi connectivity index (χ0n) is 7.76. The van der Waals surface area contributed by atoms with E-state index in [2.05, 4.69) is 20.8 Å². The minimum Gasteiger partial charge on any atom is -0.343 e. The molecule has 0 spiro atoms. The Bertz CT molecular complexity index is 123. The molecule has 0 aliphatic heterocycles. The van der Waals surface area contributed by atoms with Crippen LogP contribution in [0, 0.1) is 6.92 Å². The fourth-order valence-electron chi connectivity index (χ4n) is 0.847. The molecule has 0 heterocycles. The van der Waals surface area contributed by atoms with Gasteiger partial charge in [0.1, 0.15) is 0 Å². The highest BCUT2D eigenvalue weighted by atomic mass is 16.2. The fraction of sp³-hybridized carbons (Fsp3) is 0.778. The summed E-state index contributed by atoms with van der Waals surface area (Å²) in [5.41, 5.74) is 0. The van der Waals surface area contributed by atoms with E-state index in [1.54, 1.807) is 4.90 Å². The van der Waals surface area contributed by atoms with E-state index in [0.29, 0.717) is 18.9 Å². The Labute approximate surface area is 69.6 Å². The lowest BCUT2D eigenvalue weighted by molar-refractivity contribution is -0.131. The minimum absolute atomic E-state index is 0.203. The average molecular weight is 156 g/mol. The van der Waals surface area contributed by atoms with Crippen molar-refractivity contribution in [2.75, 3.05) is 7.05 Å². The smallest absolute Gasteiger partial charge is 0.222 e. The molecule has 0 aliphatic carbocycles. The van der Waals surface area contributed by atoms with Crippen molar-refractivity contribution in [3.63, 3.8) is 0 Å². The molecule has 0 saturated carbocycles. The second-order valence-corrected chi connectivity index (χ2v) is 2.87. The Morgan fingerprint density at radius 1 is 1.64 bits per heavy atom. The Balaban J connectivity index is 3.80. The lowest BCUT2D eigenvalue weighted by Crippen LogP contribution is -2.34. The van der Waals surface area contributed by atoms with E-state index in [-0.39, 0.29) is 5.91 Å². The molecule has 0 aromatic carbocycles. The molecule has 0 N–H and O–H groups in total. The van der Waals surface area contributed by atoms with Gasteiger partial charge in [0.05, 0.1) is 0 Å². The van der Waals surface area contributed by atoms with E-state index < -0.39 is 0 Å². The number of carbonyl (C=O) groups is 1. The van der Waals surface area contributed by atoms with Crippen molar-refractivity contribution in [3.8, 4) is 0 Å². The van der Waals surface area contributed by atoms with Crippen LogP contribution in [-0.2, 0) is 4.79 Å². The van der Waals surface area contributed by atoms with Gasteiger partial charge in [-0.2, -0.15) is 0 Å². The van der Waals surface area contributed by atoms with Crippen LogP contribution in [0.5, 0.6) is 0 Å². The molecular formula is C9H18NO. The van der Waals surface area contributed by atoms with E-state index in [1.807, 2.05) is 7.05 Å². The summed E-state index contributed by atoms with van der Waals surface area (Å²) in [5.74, 6) is 0.203. The van der Waals surface area contributed by atoms with Crippen LogP contribution in [0.25, 0.3) is 0 Å². The van der Waals surface area contributed by atoms with E-state index in [1.165, 1.54) is 0 Å². The average Bonchev–Trinajstić information content (AvgIpc) is 2.02. The molecule has 2 heteroatoms. The number of amides is 1. The molecule has 11 heavy (non-hydrogen) atoms. The summed E-state index contributed by atoms with van der Waals surface area (Å²) in [5, 5.41) is 0. The Morgan fingerprint density at radius 3 is 2.55 bits per heavy atom. The predicted octanol–water partition coefficient (Wildman–Crippen LogP) is 1.86. The van der Waals surface area contributed by atoms with Gasteiger partial charge in [-0.3, -0.25) is 4.79 Å². The standard InChI is InChI=1S/C9H18NO/c1-5-7-9(11)10(4)8(3)6-2/h8H,1,5-7H2,2-4H3. The quantitative estimate of drug-likeness (QED) is 0.608. The SMILES string of the molecule is [CH2]CCC(=O)N(C)C(C)CC. The van der Waals surface area contributed by atoms with Crippen LogP contribution in [0.15, 0.2) is 0 Å². The molecule has 1 amide bonds. The number of hydrogen-bond donors (Lipinski definition) is 0. The summed E-state index contributed by atoms with van der Waals surface area (Å²) in [6.45, 7) is 7.78. The predicted molar refractivity (Wildman–Crippen MR) is 47.1 cm³/mol. The van der Waals surface area contributed by atoms with Gasteiger partial charge in [0, 0.05) is 19.5 Å². The molecular weight excluding hydrogens is 138 g/mol. The van der Waals surface area contributed by atoms with Gasteiger partial charge in [0.2, 0.25) is 5.91 Å². The maximum atomic E-state index is 11.2. The highest BCUT2D eigenvalue weighted by Gasteiger charge is 2.11. The summed E-state index contributed by atoms with van der Waals surface area (Å²) < 4.78 is 0. The highest BCUT2D eigenvalue weighted by Crippen LogP contribution is 2.03. The fourth-order valence-corrected chi connectivity index (χ4v) is 0.847. The molecule has 1 unspecified atom stereocenters. The van der Waals surface area contributed by atoms with Crippen LogP contribution >= 0.6 is 0 Å². The van der Waals surface area contributed by atoms with Gasteiger partial charge in [0.15, 0.2) is 0 Å². The molecule has 0 aromatic rings. The summed E-state index contributed by atoms with van der Waals surface area (Å²) >= 11 is 0. The van der Waals surface area contributed by atoms with Crippen molar-refractivity contribution in [2.45, 2.75) is 39.2 Å². The van der Waals surface area contributed by atoms with E-state index in [9.17, 15) is 4.79 Å². The summed E-state index contributed by atoms with van der Waals surface area (Å²) in [4.78, 5) is 13.0. The normalized spacial score (nSPS) is 12.7. The topological polar surface area (TPSA) is 20.3 Å². The maximum Gasteiger partial charge on any atom is 0.222 e. The van der Waals surface area contributed by atoms with Crippen LogP contribution in [0.2, 0.25) is 0 Å². The van der Waals surface area contributed by atoms with Gasteiger partial charge in [-0.1, -0.05) is 13.8 Å². The zero-order chi connectivity index (χ0) is 8.85. The zero-order valence-corrected chi connectivity index (χ0v) is 7.76. The van der Waals surface area contributed by atoms with Crippen molar-refractivity contribution in [3.05, 3.63) is 6.92 Å². The largest absolute Gasteiger partial charge is 0.343 e. The molecule has 0 fully saturated rings. The highest BCUT2D eigenvalue weighted by molar-refractivity contribution is 5.76. The number of hydrogen-bond acceptors (Lipinski definition) is 1. The minimum atomic E-state index is 0.203. The molecule has 1 radical (unpaired) electrons. The van der Waals surface area contributed by atoms with Crippen LogP contribution < -0.4 is 0 Å². The summed E-state index contributed by atoms with van der Waals surface area (Å²) in [6, 6.07) is 0.356. The van der Waals surface area contributed by atoms with Gasteiger partial charge in [-0.05, 0) is 19.8 Å². The Kier molecular flexibility index (Phi) is 4.92. The molecule has 0 rings (SSSR count). The first-order valence-electron chi connectivity index (χ1n) is 4.18. The first-order chi connectivity index (χ1) is 5.13. The molecule has 65 valence electrons. The van der Waals surface area contributed by atoms with Gasteiger partial charge < -0.3 is 4.90 Å². The van der Waals surface area contributed by atoms with Gasteiger partial charge in [-0.15, -0.1) is 0 Å². The van der Waals surface area contributed by atoms with Crippen LogP contribution in [0.4, 0.5) is 0 Å². The number of rotatable bonds is 4. The first kappa shape index (κ1) is 10.5. The monoisotopic (exact) mass is 156 g/mol. The van der Waals surface area contributed by atoms with E-state index >= 15 is 0 Å². The van der Waals surface area contributed by atoms with Crippen molar-refractivity contribution in [2.24, 2.45) is 0 Å². The van der Waals surface area contributed by atoms with Gasteiger partial charge in [-0.25, -0.2) is 0 Å². The number of nitrogens with zero attached hydrogens (tertiary/aromatic N) is 1. The third kappa shape index (κ3) is 3.40. The van der Waals surface area contributed by atoms with Crippen molar-refractivity contribution in [1.82, 2.24) is 4.90 Å². The molecule has 1 atom stereocenters. The lowest BCUT2D eigenvalue weighted by Gasteiger charge is -2.23. The molecule has 2 nitrogen and oxygen atoms in total. The van der Waals surface area contributed by atoms with Crippen molar-refractivity contribution in [1.29, 1.82) is 0 Å². The Hall–Kier alpha value is -0.530. The van der Waals surface area contributed by atoms with Crippen LogP contribution in [0.3, 0.4) is 0 Å². The summed E-state index contributed by atoms with van der Waals surface area (Å²) in [6.07, 6.45) is 2.28. The van der Waals surface area contributed by atoms with Gasteiger partial charge >= 0.3 is 0 Å². The maximum absolute atomic E-state index is 11.2. The second kappa shape index (κ2) is 5.16. The van der Waals surface area contributed by atoms with E-state index in [0.717, 1.165) is 6.42 Å². The lowest BCUT2D eigenvalue weighted by atomic mass is 10.2. The molecule has 0 aliphatic rings. The van der Waals surface area contributed by atoms with Crippen LogP contribution in [-0.4, -0.2) is 23.9 Å². The van der Waals surface area contributed by atoms with Crippen LogP contribution in [0.1, 0.15) is 33.1 Å². The Morgan fingerprint density at radius 2 is 2.18 bits per heavy atom. The van der Waals surface area contributed by atoms with Crippen molar-refractivity contribution < 1.29 is 4.79 Å². The van der Waals surface area contributed by atoms with E-state index in [4.69, 9.17) is 0 Å². The third-order valence-corrected chi connectivity index (χ3v) is 2.04.